The fourth-order valence-corrected chi connectivity index (χ4v) is 2.61. The van der Waals surface area contributed by atoms with Crippen molar-refractivity contribution >= 4 is 17.3 Å². The summed E-state index contributed by atoms with van der Waals surface area (Å²) in [5, 5.41) is 6.07. The van der Waals surface area contributed by atoms with Crippen molar-refractivity contribution in [3.8, 4) is 0 Å². The highest BCUT2D eigenvalue weighted by molar-refractivity contribution is 6.03. The molecular formula is C21H20FN3O. The van der Waals surface area contributed by atoms with Crippen LogP contribution < -0.4 is 10.6 Å². The number of anilines is 2. The molecule has 3 aromatic rings. The standard InChI is InChI=1S/C21H20FN3O/c1-15-6-2-5-9-19(15)25-21(26)20-14-17(11-13-24-20)23-12-10-16-7-3-4-8-18(16)22/h2-9,11,13-14H,10,12H2,1H3,(H,23,24)(H,25,26). The lowest BCUT2D eigenvalue weighted by molar-refractivity contribution is 0.102. The number of benzene rings is 2. The lowest BCUT2D eigenvalue weighted by atomic mass is 10.1. The van der Waals surface area contributed by atoms with E-state index in [1.54, 1.807) is 30.5 Å². The maximum absolute atomic E-state index is 13.6. The second-order valence-electron chi connectivity index (χ2n) is 5.97. The molecule has 4 nitrogen and oxygen atoms in total. The fourth-order valence-electron chi connectivity index (χ4n) is 2.61. The molecule has 0 unspecified atom stereocenters. The molecule has 0 saturated carbocycles. The van der Waals surface area contributed by atoms with Crippen LogP contribution in [0.5, 0.6) is 0 Å². The van der Waals surface area contributed by atoms with Gasteiger partial charge in [-0.1, -0.05) is 36.4 Å². The lowest BCUT2D eigenvalue weighted by Gasteiger charge is -2.10. The van der Waals surface area contributed by atoms with E-state index in [0.717, 1.165) is 16.9 Å². The molecule has 3 rings (SSSR count). The number of nitrogens with one attached hydrogen (secondary N) is 2. The third-order valence-corrected chi connectivity index (χ3v) is 4.07. The number of halogens is 1. The normalized spacial score (nSPS) is 10.4. The Hall–Kier alpha value is -3.21. The maximum atomic E-state index is 13.6. The zero-order chi connectivity index (χ0) is 18.4. The molecule has 0 aliphatic carbocycles. The predicted molar refractivity (Wildman–Crippen MR) is 102 cm³/mol. The van der Waals surface area contributed by atoms with Gasteiger partial charge in [0.2, 0.25) is 0 Å². The summed E-state index contributed by atoms with van der Waals surface area (Å²) in [4.78, 5) is 16.5. The molecule has 2 aromatic carbocycles. The molecule has 1 aromatic heterocycles. The topological polar surface area (TPSA) is 54.0 Å². The number of carbonyl (C=O) groups excluding carboxylic acids is 1. The van der Waals surface area contributed by atoms with Gasteiger partial charge in [-0.2, -0.15) is 0 Å². The first-order valence-corrected chi connectivity index (χ1v) is 8.44. The average molecular weight is 349 g/mol. The van der Waals surface area contributed by atoms with E-state index in [9.17, 15) is 9.18 Å². The molecule has 0 radical (unpaired) electrons. The summed E-state index contributed by atoms with van der Waals surface area (Å²) in [6.45, 7) is 2.49. The molecule has 0 bridgehead atoms. The van der Waals surface area contributed by atoms with Crippen molar-refractivity contribution < 1.29 is 9.18 Å². The van der Waals surface area contributed by atoms with E-state index >= 15 is 0 Å². The number of rotatable bonds is 6. The molecule has 0 saturated heterocycles. The highest BCUT2D eigenvalue weighted by Crippen LogP contribution is 2.15. The number of nitrogens with zero attached hydrogens (tertiary/aromatic N) is 1. The van der Waals surface area contributed by atoms with Crippen LogP contribution in [0.2, 0.25) is 0 Å². The first kappa shape index (κ1) is 17.6. The molecule has 1 amide bonds. The van der Waals surface area contributed by atoms with Crippen molar-refractivity contribution in [2.24, 2.45) is 0 Å². The van der Waals surface area contributed by atoms with Crippen molar-refractivity contribution in [2.45, 2.75) is 13.3 Å². The third kappa shape index (κ3) is 4.45. The van der Waals surface area contributed by atoms with Crippen molar-refractivity contribution in [1.29, 1.82) is 0 Å². The van der Waals surface area contributed by atoms with Gasteiger partial charge >= 0.3 is 0 Å². The third-order valence-electron chi connectivity index (χ3n) is 4.07. The van der Waals surface area contributed by atoms with Crippen LogP contribution in [0.1, 0.15) is 21.6 Å². The minimum absolute atomic E-state index is 0.206. The van der Waals surface area contributed by atoms with Gasteiger partial charge in [0.1, 0.15) is 11.5 Å². The number of aromatic nitrogens is 1. The van der Waals surface area contributed by atoms with Crippen LogP contribution in [0.3, 0.4) is 0 Å². The summed E-state index contributed by atoms with van der Waals surface area (Å²) < 4.78 is 13.6. The second-order valence-corrected chi connectivity index (χ2v) is 5.97. The predicted octanol–water partition coefficient (Wildman–Crippen LogP) is 4.44. The first-order chi connectivity index (χ1) is 12.6. The molecule has 0 atom stereocenters. The van der Waals surface area contributed by atoms with Crippen molar-refractivity contribution in [2.75, 3.05) is 17.2 Å². The number of amides is 1. The maximum Gasteiger partial charge on any atom is 0.274 e. The zero-order valence-electron chi connectivity index (χ0n) is 14.5. The summed E-state index contributed by atoms with van der Waals surface area (Å²) in [7, 11) is 0. The van der Waals surface area contributed by atoms with Crippen LogP contribution in [0.15, 0.2) is 66.9 Å². The van der Waals surface area contributed by atoms with Crippen molar-refractivity contribution in [3.05, 3.63) is 89.5 Å². The molecule has 26 heavy (non-hydrogen) atoms. The van der Waals surface area contributed by atoms with E-state index in [2.05, 4.69) is 15.6 Å². The van der Waals surface area contributed by atoms with E-state index < -0.39 is 0 Å². The smallest absolute Gasteiger partial charge is 0.274 e. The summed E-state index contributed by atoms with van der Waals surface area (Å²) in [5.41, 5.74) is 3.50. The number of para-hydroxylation sites is 1. The Morgan fingerprint density at radius 2 is 1.85 bits per heavy atom. The van der Waals surface area contributed by atoms with Crippen LogP contribution in [-0.2, 0) is 6.42 Å². The summed E-state index contributed by atoms with van der Waals surface area (Å²) >= 11 is 0. The monoisotopic (exact) mass is 349 g/mol. The van der Waals surface area contributed by atoms with E-state index in [0.29, 0.717) is 24.2 Å². The van der Waals surface area contributed by atoms with Gasteiger partial charge in [0, 0.05) is 24.1 Å². The van der Waals surface area contributed by atoms with Crippen LogP contribution in [0.4, 0.5) is 15.8 Å². The van der Waals surface area contributed by atoms with Gasteiger partial charge in [-0.05, 0) is 48.7 Å². The van der Waals surface area contributed by atoms with Gasteiger partial charge in [0.25, 0.3) is 5.91 Å². The van der Waals surface area contributed by atoms with E-state index in [-0.39, 0.29) is 11.7 Å². The Morgan fingerprint density at radius 3 is 2.65 bits per heavy atom. The van der Waals surface area contributed by atoms with Gasteiger partial charge in [-0.15, -0.1) is 0 Å². The van der Waals surface area contributed by atoms with Gasteiger partial charge in [-0.3, -0.25) is 9.78 Å². The molecule has 0 fully saturated rings. The van der Waals surface area contributed by atoms with Gasteiger partial charge in [-0.25, -0.2) is 4.39 Å². The Bertz CT molecular complexity index is 911. The summed E-state index contributed by atoms with van der Waals surface area (Å²) in [5.74, 6) is -0.473. The van der Waals surface area contributed by atoms with Crippen LogP contribution >= 0.6 is 0 Å². The van der Waals surface area contributed by atoms with Crippen LogP contribution in [0, 0.1) is 12.7 Å². The molecule has 5 heteroatoms. The minimum atomic E-state index is -0.267. The Balaban J connectivity index is 1.62. The average Bonchev–Trinajstić information content (AvgIpc) is 2.65. The van der Waals surface area contributed by atoms with Crippen LogP contribution in [0.25, 0.3) is 0 Å². The highest BCUT2D eigenvalue weighted by Gasteiger charge is 2.09. The molecule has 0 spiro atoms. The largest absolute Gasteiger partial charge is 0.385 e. The molecule has 0 aliphatic rings. The van der Waals surface area contributed by atoms with Gasteiger partial charge in [0.15, 0.2) is 0 Å². The number of hydrogen-bond donors (Lipinski definition) is 2. The first-order valence-electron chi connectivity index (χ1n) is 8.44. The zero-order valence-corrected chi connectivity index (χ0v) is 14.5. The molecule has 0 aliphatic heterocycles. The minimum Gasteiger partial charge on any atom is -0.385 e. The number of carbonyl (C=O) groups is 1. The van der Waals surface area contributed by atoms with E-state index in [1.165, 1.54) is 6.07 Å². The van der Waals surface area contributed by atoms with Crippen LogP contribution in [-0.4, -0.2) is 17.4 Å². The Morgan fingerprint density at radius 1 is 1.08 bits per heavy atom. The highest BCUT2D eigenvalue weighted by atomic mass is 19.1. The molecular weight excluding hydrogens is 329 g/mol. The quantitative estimate of drug-likeness (QED) is 0.692. The SMILES string of the molecule is Cc1ccccc1NC(=O)c1cc(NCCc2ccccc2F)ccn1. The van der Waals surface area contributed by atoms with Crippen molar-refractivity contribution in [1.82, 2.24) is 4.98 Å². The Labute approximate surface area is 152 Å². The van der Waals surface area contributed by atoms with Gasteiger partial charge < -0.3 is 10.6 Å². The lowest BCUT2D eigenvalue weighted by Crippen LogP contribution is -2.15. The second kappa shape index (κ2) is 8.25. The molecule has 2 N–H and O–H groups in total. The number of pyridine rings is 1. The summed E-state index contributed by atoms with van der Waals surface area (Å²) in [6, 6.07) is 17.8. The number of hydrogen-bond acceptors (Lipinski definition) is 3. The summed E-state index contributed by atoms with van der Waals surface area (Å²) in [6.07, 6.45) is 2.14. The Kier molecular flexibility index (Phi) is 5.59. The molecule has 132 valence electrons. The number of aryl methyl sites for hydroxylation is 1. The fraction of sp³-hybridized carbons (Fsp3) is 0.143. The van der Waals surface area contributed by atoms with Crippen molar-refractivity contribution in [3.63, 3.8) is 0 Å². The molecule has 1 heterocycles. The van der Waals surface area contributed by atoms with E-state index in [4.69, 9.17) is 0 Å². The van der Waals surface area contributed by atoms with Gasteiger partial charge in [0.05, 0.1) is 0 Å². The van der Waals surface area contributed by atoms with E-state index in [1.807, 2.05) is 37.3 Å².